The van der Waals surface area contributed by atoms with E-state index in [9.17, 15) is 18.0 Å². The number of imidazole rings is 1. The quantitative estimate of drug-likeness (QED) is 0.527. The molecule has 1 aliphatic heterocycles. The Labute approximate surface area is 187 Å². The van der Waals surface area contributed by atoms with Gasteiger partial charge in [0, 0.05) is 23.6 Å². The Balaban J connectivity index is 1.38. The Morgan fingerprint density at radius 1 is 1.16 bits per heavy atom. The van der Waals surface area contributed by atoms with Crippen LogP contribution in [0.4, 0.5) is 18.9 Å². The van der Waals surface area contributed by atoms with Gasteiger partial charge < -0.3 is 4.90 Å². The summed E-state index contributed by atoms with van der Waals surface area (Å²) < 4.78 is 41.7. The molecule has 166 valence electrons. The van der Waals surface area contributed by atoms with Gasteiger partial charge in [0.1, 0.15) is 11.7 Å². The summed E-state index contributed by atoms with van der Waals surface area (Å²) in [5, 5.41) is 4.58. The monoisotopic (exact) mass is 460 g/mol. The summed E-state index contributed by atoms with van der Waals surface area (Å²) in [4.78, 5) is 18.5. The van der Waals surface area contributed by atoms with Crippen LogP contribution in [0.25, 0.3) is 5.65 Å². The fourth-order valence-electron chi connectivity index (χ4n) is 5.78. The lowest BCUT2D eigenvalue weighted by Crippen LogP contribution is -2.43. The minimum Gasteiger partial charge on any atom is -0.302 e. The molecule has 6 rings (SSSR count). The maximum Gasteiger partial charge on any atom is 0.406 e. The standard InChI is InChI=1S/C23H20ClF3N4O/c24-19-11-16(20-28-7-8-31(20)29-19)15-10-14(15)13-3-4-17-18(9-13)30(12-23(25,26)27)21(32)22(17)5-1-2-6-22/h3-4,7-9,11,14-15H,1-2,5-6,10,12H2/t14-,15+/m1/s1. The first kappa shape index (κ1) is 20.0. The van der Waals surface area contributed by atoms with E-state index >= 15 is 0 Å². The van der Waals surface area contributed by atoms with Crippen molar-refractivity contribution in [3.05, 3.63) is 58.5 Å². The highest BCUT2D eigenvalue weighted by Gasteiger charge is 2.54. The van der Waals surface area contributed by atoms with Crippen LogP contribution in [-0.2, 0) is 10.2 Å². The van der Waals surface area contributed by atoms with Gasteiger partial charge >= 0.3 is 6.18 Å². The zero-order chi connectivity index (χ0) is 22.3. The van der Waals surface area contributed by atoms with Gasteiger partial charge in [-0.05, 0) is 54.4 Å². The molecule has 0 unspecified atom stereocenters. The van der Waals surface area contributed by atoms with Gasteiger partial charge in [-0.3, -0.25) is 4.79 Å². The molecule has 0 bridgehead atoms. The second kappa shape index (κ2) is 6.70. The third kappa shape index (κ3) is 2.95. The summed E-state index contributed by atoms with van der Waals surface area (Å²) in [6.07, 6.45) is 2.75. The van der Waals surface area contributed by atoms with E-state index < -0.39 is 24.0 Å². The van der Waals surface area contributed by atoms with Crippen LogP contribution < -0.4 is 4.90 Å². The van der Waals surface area contributed by atoms with Crippen LogP contribution in [0, 0.1) is 0 Å². The number of amides is 1. The van der Waals surface area contributed by atoms with E-state index in [-0.39, 0.29) is 11.8 Å². The molecule has 9 heteroatoms. The number of halogens is 4. The first-order valence-electron chi connectivity index (χ1n) is 10.8. The Morgan fingerprint density at radius 2 is 1.94 bits per heavy atom. The number of benzene rings is 1. The maximum absolute atomic E-state index is 13.3. The summed E-state index contributed by atoms with van der Waals surface area (Å²) in [7, 11) is 0. The van der Waals surface area contributed by atoms with E-state index in [2.05, 4.69) is 10.1 Å². The second-order valence-corrected chi connectivity index (χ2v) is 9.53. The van der Waals surface area contributed by atoms with Crippen molar-refractivity contribution < 1.29 is 18.0 Å². The van der Waals surface area contributed by atoms with E-state index in [1.54, 1.807) is 16.9 Å². The number of alkyl halides is 3. The molecule has 3 heterocycles. The van der Waals surface area contributed by atoms with Crippen molar-refractivity contribution in [2.75, 3.05) is 11.4 Å². The van der Waals surface area contributed by atoms with E-state index in [1.807, 2.05) is 24.3 Å². The lowest BCUT2D eigenvalue weighted by Gasteiger charge is -2.24. The maximum atomic E-state index is 13.3. The van der Waals surface area contributed by atoms with E-state index in [0.717, 1.165) is 46.5 Å². The van der Waals surface area contributed by atoms with Gasteiger partial charge in [0.25, 0.3) is 0 Å². The van der Waals surface area contributed by atoms with Crippen molar-refractivity contribution in [2.24, 2.45) is 0 Å². The number of hydrogen-bond donors (Lipinski definition) is 0. The summed E-state index contributed by atoms with van der Waals surface area (Å²) in [5.74, 6) is -0.0962. The molecule has 3 aromatic rings. The average Bonchev–Trinajstić information content (AvgIpc) is 3.07. The molecule has 5 nitrogen and oxygen atoms in total. The van der Waals surface area contributed by atoms with Crippen molar-refractivity contribution in [1.29, 1.82) is 0 Å². The van der Waals surface area contributed by atoms with Gasteiger partial charge in [-0.15, -0.1) is 0 Å². The van der Waals surface area contributed by atoms with Crippen LogP contribution in [0.5, 0.6) is 0 Å². The zero-order valence-corrected chi connectivity index (χ0v) is 17.8. The molecule has 1 spiro atoms. The Bertz CT molecular complexity index is 1250. The lowest BCUT2D eigenvalue weighted by atomic mass is 9.80. The largest absolute Gasteiger partial charge is 0.406 e. The third-order valence-corrected chi connectivity index (χ3v) is 7.44. The van der Waals surface area contributed by atoms with E-state index in [0.29, 0.717) is 23.7 Å². The van der Waals surface area contributed by atoms with Gasteiger partial charge in [0.2, 0.25) is 5.91 Å². The number of anilines is 1. The molecule has 1 amide bonds. The summed E-state index contributed by atoms with van der Waals surface area (Å²) in [6, 6.07) is 7.50. The van der Waals surface area contributed by atoms with Crippen LogP contribution in [0.15, 0.2) is 36.7 Å². The summed E-state index contributed by atoms with van der Waals surface area (Å²) in [6.45, 7) is -1.24. The minimum absolute atomic E-state index is 0.141. The van der Waals surface area contributed by atoms with Crippen molar-refractivity contribution in [2.45, 2.75) is 55.5 Å². The van der Waals surface area contributed by atoms with Gasteiger partial charge in [0.15, 0.2) is 5.65 Å². The Hall–Kier alpha value is -2.61. The van der Waals surface area contributed by atoms with Gasteiger partial charge in [-0.1, -0.05) is 36.6 Å². The number of carbonyl (C=O) groups excluding carboxylic acids is 1. The lowest BCUT2D eigenvalue weighted by molar-refractivity contribution is -0.134. The Morgan fingerprint density at radius 3 is 2.69 bits per heavy atom. The summed E-state index contributed by atoms with van der Waals surface area (Å²) >= 11 is 6.18. The van der Waals surface area contributed by atoms with Crippen molar-refractivity contribution in [3.63, 3.8) is 0 Å². The number of aromatic nitrogens is 3. The highest BCUT2D eigenvalue weighted by Crippen LogP contribution is 2.58. The van der Waals surface area contributed by atoms with Gasteiger partial charge in [0.05, 0.1) is 5.41 Å². The fraction of sp³-hybridized carbons (Fsp3) is 0.435. The number of fused-ring (bicyclic) bond motifs is 3. The van der Waals surface area contributed by atoms with Gasteiger partial charge in [-0.2, -0.15) is 18.3 Å². The average molecular weight is 461 g/mol. The number of rotatable bonds is 3. The molecule has 1 aromatic carbocycles. The molecule has 2 saturated carbocycles. The molecule has 2 aliphatic carbocycles. The van der Waals surface area contributed by atoms with E-state index in [1.165, 1.54) is 0 Å². The molecular weight excluding hydrogens is 441 g/mol. The molecule has 2 aromatic heterocycles. The predicted octanol–water partition coefficient (Wildman–Crippen LogP) is 5.37. The third-order valence-electron chi connectivity index (χ3n) is 7.25. The number of nitrogens with zero attached hydrogens (tertiary/aromatic N) is 4. The SMILES string of the molecule is O=C1N(CC(F)(F)F)c2cc([C@H]3C[C@@H]3c3cc(Cl)nn4ccnc34)ccc2C12CCCC2. The van der Waals surface area contributed by atoms with Crippen LogP contribution in [0.2, 0.25) is 5.15 Å². The molecule has 0 radical (unpaired) electrons. The molecule has 0 N–H and O–H groups in total. The van der Waals surface area contributed by atoms with Crippen LogP contribution in [0.1, 0.15) is 60.6 Å². The van der Waals surface area contributed by atoms with Crippen LogP contribution in [-0.4, -0.2) is 33.2 Å². The molecule has 3 aliphatic rings. The van der Waals surface area contributed by atoms with Crippen LogP contribution in [0.3, 0.4) is 0 Å². The molecule has 32 heavy (non-hydrogen) atoms. The zero-order valence-electron chi connectivity index (χ0n) is 17.1. The molecular formula is C23H20ClF3N4O. The minimum atomic E-state index is -4.45. The smallest absolute Gasteiger partial charge is 0.302 e. The highest BCUT2D eigenvalue weighted by molar-refractivity contribution is 6.29. The van der Waals surface area contributed by atoms with E-state index in [4.69, 9.17) is 11.6 Å². The number of hydrogen-bond acceptors (Lipinski definition) is 3. The molecule has 2 atom stereocenters. The predicted molar refractivity (Wildman–Crippen MR) is 113 cm³/mol. The van der Waals surface area contributed by atoms with Crippen LogP contribution >= 0.6 is 11.6 Å². The first-order chi connectivity index (χ1) is 15.3. The highest BCUT2D eigenvalue weighted by atomic mass is 35.5. The number of carbonyl (C=O) groups is 1. The normalized spacial score (nSPS) is 24.0. The summed E-state index contributed by atoms with van der Waals surface area (Å²) in [5.41, 5.74) is 3.06. The first-order valence-corrected chi connectivity index (χ1v) is 11.2. The van der Waals surface area contributed by atoms with Crippen molar-refractivity contribution in [1.82, 2.24) is 14.6 Å². The molecule has 2 fully saturated rings. The topological polar surface area (TPSA) is 50.5 Å². The van der Waals surface area contributed by atoms with Crippen molar-refractivity contribution in [3.8, 4) is 0 Å². The van der Waals surface area contributed by atoms with Crippen molar-refractivity contribution >= 4 is 28.8 Å². The fourth-order valence-corrected chi connectivity index (χ4v) is 5.98. The molecule has 0 saturated heterocycles. The second-order valence-electron chi connectivity index (χ2n) is 9.14. The van der Waals surface area contributed by atoms with Gasteiger partial charge in [-0.25, -0.2) is 9.50 Å². The Kier molecular flexibility index (Phi) is 4.19.